The molecule has 3 unspecified atom stereocenters. The topological polar surface area (TPSA) is 204 Å². The van der Waals surface area contributed by atoms with Crippen molar-refractivity contribution < 1.29 is 56.9 Å². The Morgan fingerprint density at radius 3 is 2.25 bits per heavy atom. The van der Waals surface area contributed by atoms with Crippen LogP contribution in [0.3, 0.4) is 0 Å². The molecule has 2 aliphatic heterocycles. The summed E-state index contributed by atoms with van der Waals surface area (Å²) in [5.74, 6) is -1.81. The number of amides is 4. The van der Waals surface area contributed by atoms with E-state index in [2.05, 4.69) is 27.7 Å². The molecule has 0 saturated carbocycles. The number of ether oxygens (including phenoxy) is 5. The van der Waals surface area contributed by atoms with Gasteiger partial charge in [0.1, 0.15) is 30.1 Å². The summed E-state index contributed by atoms with van der Waals surface area (Å²) >= 11 is 1.19. The fraction of sp³-hybridized carbons (Fsp3) is 0.429. The zero-order valence-corrected chi connectivity index (χ0v) is 39.1. The first kappa shape index (κ1) is 49.6. The lowest BCUT2D eigenvalue weighted by atomic mass is 9.91. The third-order valence-electron chi connectivity index (χ3n) is 11.6. The number of phenols is 1. The number of likely N-dealkylation sites (tertiary alicyclic amines) is 1. The fourth-order valence-electron chi connectivity index (χ4n) is 8.15. The molecule has 7 rings (SSSR count). The van der Waals surface area contributed by atoms with Crippen molar-refractivity contribution >= 4 is 40.1 Å². The second kappa shape index (κ2) is 24.2. The van der Waals surface area contributed by atoms with Gasteiger partial charge in [0.25, 0.3) is 23.6 Å². The van der Waals surface area contributed by atoms with Crippen molar-refractivity contribution in [1.82, 2.24) is 25.3 Å². The molecule has 68 heavy (non-hydrogen) atoms. The number of nitrogens with one attached hydrogen (secondary N) is 2. The zero-order chi connectivity index (χ0) is 48.0. The molecule has 4 amide bonds. The molecule has 2 aliphatic rings. The molecule has 3 atom stereocenters. The molecule has 3 aromatic carbocycles. The van der Waals surface area contributed by atoms with Crippen LogP contribution in [0.25, 0.3) is 11.1 Å². The first-order chi connectivity index (χ1) is 33.0. The first-order valence-corrected chi connectivity index (χ1v) is 23.6. The standard InChI is InChI=1S/C49H57FN6O11S/c1-31(2)43(48(61)55-16-4-5-32(55)3)41-29-42(54-67-41)66-25-24-65-23-22-64-21-20-63-19-18-62-17-14-51-45(58)34-8-6-33(7-9-34)35-10-11-36-30-56(47(60)38(36)27-35)44(39-28-37(50)12-13-40(39)57)46(59)53-49-52-15-26-68-49/h6-13,15,26-29,31-32,43-44,57H,4-5,14,16-25,30H2,1-3H3,(H,51,58)(H,52,53,59). The van der Waals surface area contributed by atoms with Crippen LogP contribution < -0.4 is 15.4 Å². The van der Waals surface area contributed by atoms with E-state index < -0.39 is 29.6 Å². The predicted molar refractivity (Wildman–Crippen MR) is 249 cm³/mol. The number of benzene rings is 3. The quantitative estimate of drug-likeness (QED) is 0.0528. The fourth-order valence-corrected chi connectivity index (χ4v) is 8.68. The second-order valence-electron chi connectivity index (χ2n) is 16.7. The van der Waals surface area contributed by atoms with Crippen molar-refractivity contribution in [2.45, 2.75) is 58.2 Å². The van der Waals surface area contributed by atoms with Crippen molar-refractivity contribution in [3.05, 3.63) is 112 Å². The van der Waals surface area contributed by atoms with Crippen molar-refractivity contribution in [1.29, 1.82) is 0 Å². The highest BCUT2D eigenvalue weighted by Gasteiger charge is 2.40. The van der Waals surface area contributed by atoms with Gasteiger partial charge in [-0.25, -0.2) is 9.37 Å². The number of carbonyl (C=O) groups excluding carboxylic acids is 4. The summed E-state index contributed by atoms with van der Waals surface area (Å²) in [6.45, 7) is 10.4. The molecule has 19 heteroatoms. The minimum Gasteiger partial charge on any atom is -0.508 e. The van der Waals surface area contributed by atoms with E-state index in [-0.39, 0.29) is 48.2 Å². The molecule has 4 heterocycles. The van der Waals surface area contributed by atoms with Crippen molar-refractivity contribution in [2.24, 2.45) is 5.92 Å². The normalized spacial score (nSPS) is 15.4. The van der Waals surface area contributed by atoms with Crippen LogP contribution in [-0.4, -0.2) is 127 Å². The summed E-state index contributed by atoms with van der Waals surface area (Å²) in [5, 5.41) is 22.1. The van der Waals surface area contributed by atoms with Crippen molar-refractivity contribution in [2.75, 3.05) is 77.9 Å². The van der Waals surface area contributed by atoms with Gasteiger partial charge in [0, 0.05) is 60.0 Å². The zero-order valence-electron chi connectivity index (χ0n) is 38.3. The summed E-state index contributed by atoms with van der Waals surface area (Å²) in [5.41, 5.74) is 2.90. The van der Waals surface area contributed by atoms with Gasteiger partial charge in [-0.2, -0.15) is 0 Å². The summed E-state index contributed by atoms with van der Waals surface area (Å²) in [7, 11) is 0. The number of aromatic nitrogens is 2. The minimum absolute atomic E-state index is 0.0508. The number of aromatic hydroxyl groups is 1. The van der Waals surface area contributed by atoms with Crippen LogP contribution in [0, 0.1) is 11.7 Å². The minimum atomic E-state index is -1.34. The van der Waals surface area contributed by atoms with Crippen LogP contribution in [0.5, 0.6) is 11.6 Å². The Bertz CT molecular complexity index is 2470. The van der Waals surface area contributed by atoms with Gasteiger partial charge in [-0.3, -0.25) is 24.5 Å². The number of phenolic OH excluding ortho intramolecular Hbond substituents is 1. The van der Waals surface area contributed by atoms with Crippen LogP contribution in [0.1, 0.15) is 83.2 Å². The molecule has 362 valence electrons. The number of rotatable bonds is 25. The van der Waals surface area contributed by atoms with Gasteiger partial charge in [0.15, 0.2) is 10.9 Å². The molecule has 2 aromatic heterocycles. The maximum absolute atomic E-state index is 14.4. The van der Waals surface area contributed by atoms with Crippen LogP contribution in [0.15, 0.2) is 82.8 Å². The molecule has 0 radical (unpaired) electrons. The second-order valence-corrected chi connectivity index (χ2v) is 17.6. The molecule has 0 aliphatic carbocycles. The maximum Gasteiger partial charge on any atom is 0.255 e. The summed E-state index contributed by atoms with van der Waals surface area (Å²) < 4.78 is 47.8. The SMILES string of the molecule is CC(C)C(C(=O)N1CCCC1C)c1cc(OCCOCCOCCOCCOCCNC(=O)c2ccc(-c3ccc4c(c3)C(=O)N(C(C(=O)Nc3nccs3)c3cc(F)ccc3O)C4)cc2)no1. The van der Waals surface area contributed by atoms with E-state index in [0.717, 1.165) is 48.7 Å². The van der Waals surface area contributed by atoms with Gasteiger partial charge >= 0.3 is 0 Å². The third-order valence-corrected chi connectivity index (χ3v) is 12.3. The largest absolute Gasteiger partial charge is 0.508 e. The molecular formula is C49H57FN6O11S. The lowest BCUT2D eigenvalue weighted by Crippen LogP contribution is -2.38. The molecule has 1 fully saturated rings. The van der Waals surface area contributed by atoms with E-state index in [9.17, 15) is 28.7 Å². The Hall–Kier alpha value is -6.25. The van der Waals surface area contributed by atoms with E-state index in [4.69, 9.17) is 28.2 Å². The van der Waals surface area contributed by atoms with Gasteiger partial charge in [0.05, 0.1) is 52.9 Å². The molecule has 17 nitrogen and oxygen atoms in total. The van der Waals surface area contributed by atoms with Crippen molar-refractivity contribution in [3.8, 4) is 22.8 Å². The Labute approximate surface area is 397 Å². The Morgan fingerprint density at radius 1 is 0.897 bits per heavy atom. The highest BCUT2D eigenvalue weighted by atomic mass is 32.1. The average molecular weight is 957 g/mol. The number of halogens is 1. The van der Waals surface area contributed by atoms with Crippen LogP contribution in [0.4, 0.5) is 9.52 Å². The Kier molecular flexibility index (Phi) is 17.6. The van der Waals surface area contributed by atoms with E-state index in [1.807, 2.05) is 24.8 Å². The average Bonchev–Trinajstić information content (AvgIpc) is 4.17. The molecule has 5 aromatic rings. The smallest absolute Gasteiger partial charge is 0.255 e. The summed E-state index contributed by atoms with van der Waals surface area (Å²) in [6.07, 6.45) is 3.55. The van der Waals surface area contributed by atoms with Crippen LogP contribution in [0.2, 0.25) is 0 Å². The highest BCUT2D eigenvalue weighted by molar-refractivity contribution is 7.13. The summed E-state index contributed by atoms with van der Waals surface area (Å²) in [6, 6.07) is 16.2. The predicted octanol–water partition coefficient (Wildman–Crippen LogP) is 6.60. The number of hydrogen-bond donors (Lipinski definition) is 3. The van der Waals surface area contributed by atoms with E-state index in [0.29, 0.717) is 92.9 Å². The summed E-state index contributed by atoms with van der Waals surface area (Å²) in [4.78, 5) is 60.8. The van der Waals surface area contributed by atoms with Gasteiger partial charge < -0.3 is 48.4 Å². The molecule has 0 spiro atoms. The molecule has 0 bridgehead atoms. The highest BCUT2D eigenvalue weighted by Crippen LogP contribution is 2.38. The third kappa shape index (κ3) is 12.8. The monoisotopic (exact) mass is 956 g/mol. The first-order valence-electron chi connectivity index (χ1n) is 22.7. The van der Waals surface area contributed by atoms with Gasteiger partial charge in [-0.15, -0.1) is 11.3 Å². The van der Waals surface area contributed by atoms with Gasteiger partial charge in [0.2, 0.25) is 5.91 Å². The Balaban J connectivity index is 0.739. The van der Waals surface area contributed by atoms with Crippen LogP contribution in [-0.2, 0) is 35.1 Å². The van der Waals surface area contributed by atoms with E-state index in [1.54, 1.807) is 47.8 Å². The number of fused-ring (bicyclic) bond motifs is 1. The number of hydrogen-bond acceptors (Lipinski definition) is 14. The van der Waals surface area contributed by atoms with E-state index >= 15 is 0 Å². The number of thiazole rings is 1. The molecular weight excluding hydrogens is 900 g/mol. The molecule has 3 N–H and O–H groups in total. The van der Waals surface area contributed by atoms with Gasteiger partial charge in [-0.1, -0.05) is 38.1 Å². The van der Waals surface area contributed by atoms with E-state index in [1.165, 1.54) is 22.4 Å². The number of anilines is 1. The maximum atomic E-state index is 14.4. The van der Waals surface area contributed by atoms with Crippen molar-refractivity contribution in [3.63, 3.8) is 0 Å². The number of nitrogens with zero attached hydrogens (tertiary/aromatic N) is 4. The molecule has 1 saturated heterocycles. The lowest BCUT2D eigenvalue weighted by Gasteiger charge is -2.27. The van der Waals surface area contributed by atoms with Gasteiger partial charge in [-0.05, 0) is 83.9 Å². The van der Waals surface area contributed by atoms with Crippen LogP contribution >= 0.6 is 11.3 Å². The lowest BCUT2D eigenvalue weighted by molar-refractivity contribution is -0.135. The number of carbonyl (C=O) groups is 4. The Morgan fingerprint density at radius 2 is 1.59 bits per heavy atom.